The number of nitrogens with zero attached hydrogens (tertiary/aromatic N) is 7. The van der Waals surface area contributed by atoms with Crippen LogP contribution in [0.5, 0.6) is 5.75 Å². The molecule has 1 unspecified atom stereocenters. The number of ether oxygens (including phenoxy) is 4. The van der Waals surface area contributed by atoms with Gasteiger partial charge in [-0.2, -0.15) is 4.31 Å². The maximum Gasteiger partial charge on any atom is 0.415 e. The number of rotatable bonds is 30. The number of carboxylic acid groups (broad SMARTS) is 2. The van der Waals surface area contributed by atoms with E-state index in [4.69, 9.17) is 23.4 Å². The summed E-state index contributed by atoms with van der Waals surface area (Å²) in [6.07, 6.45) is 6.04. The van der Waals surface area contributed by atoms with Gasteiger partial charge in [0.2, 0.25) is 15.4 Å². The van der Waals surface area contributed by atoms with Gasteiger partial charge >= 0.3 is 12.1 Å². The number of anilines is 1. The Hall–Kier alpha value is -8.48. The number of aromatic carboxylic acids is 1. The minimum atomic E-state index is -4.20. The lowest BCUT2D eigenvalue weighted by Crippen LogP contribution is -2.41. The number of Topliss-reactive ketones (excluding diaryl/α,β-unsaturated/α-hetero) is 3. The molecular formula is C67H79N7O15S. The van der Waals surface area contributed by atoms with Crippen LogP contribution in [-0.2, 0) is 45.0 Å². The highest BCUT2D eigenvalue weighted by Gasteiger charge is 2.45. The maximum absolute atomic E-state index is 14.0. The van der Waals surface area contributed by atoms with Crippen molar-refractivity contribution < 1.29 is 70.8 Å². The van der Waals surface area contributed by atoms with Crippen molar-refractivity contribution in [1.82, 2.24) is 28.8 Å². The number of hydrogen-bond acceptors (Lipinski definition) is 17. The van der Waals surface area contributed by atoms with E-state index >= 15 is 0 Å². The number of benzene rings is 5. The van der Waals surface area contributed by atoms with Crippen LogP contribution in [0.25, 0.3) is 33.4 Å². The third-order valence-corrected chi connectivity index (χ3v) is 17.7. The molecule has 4 heterocycles. The Balaban J connectivity index is 0.000000298. The summed E-state index contributed by atoms with van der Waals surface area (Å²) in [5.74, 6) is -3.17. The minimum Gasteiger partial charge on any atom is -0.545 e. The molecule has 1 amide bonds. The molecule has 23 heteroatoms. The standard InChI is InChI=1S/C43H57N5O12S.C24H22N2O3/c1-32(49)11-5-9-21-57-23-25-59-26-24-58-22-10-6-14-40(50)38-31-47(45-44-38)35-29-39(48(30-35)61(55,56)37-12-3-2-4-13-37)41(51)28-34(42(52)53)27-33-15-17-36(18-16-33)60-43(54)46-19-7-8-20-46;1-25(2)15-9-11-19-21(13-15)29-22-14-16(26(3)4)10-12-20(22)23(19)17-7-5-6-8-18(17)24(27)28/h2-4,12-13,15-18,31,34-35,39H,5-11,14,19-30H2,1H3,(H,52,53);5-14H,1-4H3/t34-,35?,39+;/m1./s1. The zero-order valence-electron chi connectivity index (χ0n) is 51.6. The summed E-state index contributed by atoms with van der Waals surface area (Å²) in [6.45, 7) is 5.51. The number of carboxylic acids is 2. The van der Waals surface area contributed by atoms with Gasteiger partial charge in [-0.3, -0.25) is 14.4 Å². The lowest BCUT2D eigenvalue weighted by molar-refractivity contribution is -0.255. The van der Waals surface area contributed by atoms with Gasteiger partial charge in [0.05, 0.1) is 67.6 Å². The van der Waals surface area contributed by atoms with Crippen LogP contribution < -0.4 is 24.7 Å². The zero-order chi connectivity index (χ0) is 64.3. The molecule has 0 saturated carbocycles. The van der Waals surface area contributed by atoms with E-state index in [0.717, 1.165) is 57.5 Å². The van der Waals surface area contributed by atoms with Gasteiger partial charge in [-0.1, -0.05) is 59.8 Å². The molecule has 90 heavy (non-hydrogen) atoms. The molecule has 1 aromatic heterocycles. The van der Waals surface area contributed by atoms with Crippen molar-refractivity contribution in [1.29, 1.82) is 0 Å². The Kier molecular flexibility index (Phi) is 24.2. The first-order valence-corrected chi connectivity index (χ1v) is 31.8. The Morgan fingerprint density at radius 1 is 0.778 bits per heavy atom. The fourth-order valence-corrected chi connectivity index (χ4v) is 12.5. The Bertz CT molecular complexity index is 3770. The first kappa shape index (κ1) is 67.5. The average molecular weight is 1250 g/mol. The molecule has 5 aromatic rings. The summed E-state index contributed by atoms with van der Waals surface area (Å²) in [5.41, 5.74) is 4.88. The number of ketones is 3. The van der Waals surface area contributed by atoms with Gasteiger partial charge in [0, 0.05) is 106 Å². The molecule has 1 aliphatic carbocycles. The van der Waals surface area contributed by atoms with E-state index in [-0.39, 0.29) is 53.5 Å². The molecule has 2 fully saturated rings. The number of aliphatic carboxylic acids is 1. The summed E-state index contributed by atoms with van der Waals surface area (Å²) in [6, 6.07) is 31.1. The van der Waals surface area contributed by atoms with Gasteiger partial charge in [0.25, 0.3) is 0 Å². The summed E-state index contributed by atoms with van der Waals surface area (Å²) < 4.78 is 60.7. The molecule has 3 aliphatic heterocycles. The maximum atomic E-state index is 14.0. The summed E-state index contributed by atoms with van der Waals surface area (Å²) in [7, 11) is 3.69. The van der Waals surface area contributed by atoms with Crippen molar-refractivity contribution in [2.24, 2.45) is 5.92 Å². The van der Waals surface area contributed by atoms with E-state index in [9.17, 15) is 47.4 Å². The molecule has 9 rings (SSSR count). The predicted molar refractivity (Wildman–Crippen MR) is 335 cm³/mol. The fourth-order valence-electron chi connectivity index (χ4n) is 10.8. The average Bonchev–Trinajstić information content (AvgIpc) is 0.998. The number of sulfonamides is 1. The van der Waals surface area contributed by atoms with E-state index in [1.165, 1.54) is 23.0 Å². The molecule has 0 bridgehead atoms. The SMILES string of the molecule is CC(=O)CCCCOCCOCCOCCCCC(=O)c1cn(C2C[C@@H](C(=O)C[C@@H](Cc3ccc(OC(=O)N4CCCC4)cc3)C(=O)O)N(S(=O)(=O)c3ccccc3)C2)nn1.CN(C)c1ccc2c(-c3ccccc3C(=O)[O-])c3ccc(=[N+](C)C)cc-3oc2c1. The quantitative estimate of drug-likeness (QED) is 0.0196. The predicted octanol–water partition coefficient (Wildman–Crippen LogP) is 7.61. The summed E-state index contributed by atoms with van der Waals surface area (Å²) in [5, 5.41) is 32.0. The van der Waals surface area contributed by atoms with Crippen molar-refractivity contribution in [3.05, 3.63) is 144 Å². The van der Waals surface area contributed by atoms with Crippen LogP contribution in [0.4, 0.5) is 10.5 Å². The number of unbranched alkanes of at least 4 members (excludes halogenated alkanes) is 2. The van der Waals surface area contributed by atoms with Crippen LogP contribution in [0, 0.1) is 5.92 Å². The van der Waals surface area contributed by atoms with Crippen LogP contribution >= 0.6 is 0 Å². The van der Waals surface area contributed by atoms with Crippen LogP contribution in [0.15, 0.2) is 131 Å². The second-order valence-electron chi connectivity index (χ2n) is 22.8. The second kappa shape index (κ2) is 32.3. The van der Waals surface area contributed by atoms with Crippen LogP contribution in [0.2, 0.25) is 0 Å². The first-order chi connectivity index (χ1) is 43.3. The van der Waals surface area contributed by atoms with Gasteiger partial charge in [-0.25, -0.2) is 22.5 Å². The minimum absolute atomic E-state index is 0.00159. The zero-order valence-corrected chi connectivity index (χ0v) is 52.4. The molecule has 1 N–H and O–H groups in total. The monoisotopic (exact) mass is 1250 g/mol. The van der Waals surface area contributed by atoms with Crippen molar-refractivity contribution in [3.63, 3.8) is 0 Å². The van der Waals surface area contributed by atoms with Crippen molar-refractivity contribution in [2.75, 3.05) is 92.4 Å². The molecule has 2 saturated heterocycles. The third kappa shape index (κ3) is 18.1. The molecule has 0 spiro atoms. The summed E-state index contributed by atoms with van der Waals surface area (Å²) >= 11 is 0. The normalized spacial score (nSPS) is 15.3. The van der Waals surface area contributed by atoms with E-state index in [2.05, 4.69) is 10.3 Å². The highest BCUT2D eigenvalue weighted by atomic mass is 32.2. The Labute approximate surface area is 524 Å². The van der Waals surface area contributed by atoms with Gasteiger partial charge in [-0.05, 0) is 112 Å². The van der Waals surface area contributed by atoms with Crippen molar-refractivity contribution in [2.45, 2.75) is 94.5 Å². The van der Waals surface area contributed by atoms with Crippen molar-refractivity contribution in [3.8, 4) is 28.2 Å². The van der Waals surface area contributed by atoms with Gasteiger partial charge in [0.1, 0.15) is 42.7 Å². The first-order valence-electron chi connectivity index (χ1n) is 30.3. The van der Waals surface area contributed by atoms with E-state index < -0.39 is 58.3 Å². The van der Waals surface area contributed by atoms with Gasteiger partial charge in [0.15, 0.2) is 11.6 Å². The number of amides is 1. The smallest absolute Gasteiger partial charge is 0.415 e. The molecule has 478 valence electrons. The number of carbonyl (C=O) groups excluding carboxylic acids is 5. The second-order valence-corrected chi connectivity index (χ2v) is 24.7. The molecule has 0 radical (unpaired) electrons. The molecule has 4 aromatic carbocycles. The lowest BCUT2D eigenvalue weighted by atomic mass is 9.90. The number of aromatic nitrogens is 3. The molecule has 22 nitrogen and oxygen atoms in total. The highest BCUT2D eigenvalue weighted by molar-refractivity contribution is 7.89. The number of hydrogen-bond donors (Lipinski definition) is 1. The highest BCUT2D eigenvalue weighted by Crippen LogP contribution is 2.42. The fraction of sp³-hybridized carbons (Fsp3) is 0.418. The molecular weight excluding hydrogens is 1170 g/mol. The number of carbonyl (C=O) groups is 6. The number of fused-ring (bicyclic) bond motifs is 2. The third-order valence-electron chi connectivity index (χ3n) is 15.8. The Morgan fingerprint density at radius 2 is 1.43 bits per heavy atom. The summed E-state index contributed by atoms with van der Waals surface area (Å²) in [4.78, 5) is 78.2. The lowest BCUT2D eigenvalue weighted by Gasteiger charge is -2.24. The molecule has 3 atom stereocenters. The van der Waals surface area contributed by atoms with Crippen LogP contribution in [0.3, 0.4) is 0 Å². The van der Waals surface area contributed by atoms with Crippen molar-refractivity contribution >= 4 is 62.1 Å². The van der Waals surface area contributed by atoms with E-state index in [0.29, 0.717) is 100 Å². The largest absolute Gasteiger partial charge is 0.545 e. The van der Waals surface area contributed by atoms with Crippen LogP contribution in [0.1, 0.15) is 104 Å². The van der Waals surface area contributed by atoms with Gasteiger partial charge in [-0.15, -0.1) is 5.10 Å². The Morgan fingerprint density at radius 3 is 2.08 bits per heavy atom. The molecule has 4 aliphatic rings. The number of likely N-dealkylation sites (tertiary alicyclic amines) is 1. The van der Waals surface area contributed by atoms with Crippen LogP contribution in [-0.4, -0.2) is 167 Å². The van der Waals surface area contributed by atoms with E-state index in [1.807, 2.05) is 86.2 Å². The topological polar surface area (TPSA) is 273 Å². The van der Waals surface area contributed by atoms with Gasteiger partial charge < -0.3 is 53.0 Å². The van der Waals surface area contributed by atoms with E-state index in [1.54, 1.807) is 66.4 Å².